The quantitative estimate of drug-likeness (QED) is 0.247. The van der Waals surface area contributed by atoms with Crippen LogP contribution < -0.4 is 10.6 Å². The van der Waals surface area contributed by atoms with Gasteiger partial charge in [0.15, 0.2) is 5.96 Å². The molecule has 0 atom stereocenters. The summed E-state index contributed by atoms with van der Waals surface area (Å²) in [5.74, 6) is 3.09. The highest BCUT2D eigenvalue weighted by Gasteiger charge is 2.14. The number of nitrogens with one attached hydrogen (secondary N) is 2. The van der Waals surface area contributed by atoms with E-state index in [1.54, 1.807) is 11.8 Å². The molecule has 2 N–H and O–H groups in total. The summed E-state index contributed by atoms with van der Waals surface area (Å²) in [6, 6.07) is 6.56. The summed E-state index contributed by atoms with van der Waals surface area (Å²) < 4.78 is 2.32. The Balaban J connectivity index is 0.00000300. The minimum atomic E-state index is 0. The third-order valence-electron chi connectivity index (χ3n) is 5.02. The van der Waals surface area contributed by atoms with E-state index >= 15 is 0 Å². The van der Waals surface area contributed by atoms with Crippen molar-refractivity contribution in [2.75, 3.05) is 19.3 Å². The topological polar surface area (TPSA) is 67.1 Å². The molecule has 29 heavy (non-hydrogen) atoms. The van der Waals surface area contributed by atoms with Crippen LogP contribution in [0.3, 0.4) is 0 Å². The van der Waals surface area contributed by atoms with E-state index in [4.69, 9.17) is 4.99 Å². The number of fused-ring (bicyclic) bond motifs is 1. The van der Waals surface area contributed by atoms with Crippen molar-refractivity contribution in [3.63, 3.8) is 0 Å². The van der Waals surface area contributed by atoms with E-state index < -0.39 is 0 Å². The van der Waals surface area contributed by atoms with Gasteiger partial charge in [-0.1, -0.05) is 18.6 Å². The fourth-order valence-electron chi connectivity index (χ4n) is 3.51. The number of nitrogens with zero attached hydrogens (tertiary/aromatic N) is 4. The van der Waals surface area contributed by atoms with Crippen LogP contribution >= 0.6 is 35.7 Å². The molecular formula is C21H33IN6S. The highest BCUT2D eigenvalue weighted by atomic mass is 127. The third-order valence-corrected chi connectivity index (χ3v) is 5.84. The Hall–Kier alpha value is -1.29. The first-order valence-electron chi connectivity index (χ1n) is 10.3. The molecule has 1 aromatic heterocycles. The maximum absolute atomic E-state index is 4.78. The smallest absolute Gasteiger partial charge is 0.191 e. The van der Waals surface area contributed by atoms with Gasteiger partial charge in [0.1, 0.15) is 11.6 Å². The average molecular weight is 529 g/mol. The molecule has 8 heteroatoms. The lowest BCUT2D eigenvalue weighted by Crippen LogP contribution is -2.38. The first kappa shape index (κ1) is 24.0. The van der Waals surface area contributed by atoms with E-state index in [-0.39, 0.29) is 24.0 Å². The standard InChI is InChI=1S/C21H32N6S.HI/c1-4-22-21(24-15-17-10-9-16(2)14-18(17)28-3)23-12-11-20-26-25-19-8-6-5-7-13-27(19)20;/h9-10,14H,4-8,11-13,15H2,1-3H3,(H2,22,23,24);1H. The van der Waals surface area contributed by atoms with Crippen LogP contribution in [0.4, 0.5) is 0 Å². The fraction of sp³-hybridized carbons (Fsp3) is 0.571. The Morgan fingerprint density at radius 2 is 2.07 bits per heavy atom. The number of thioether (sulfide) groups is 1. The zero-order valence-electron chi connectivity index (χ0n) is 17.7. The van der Waals surface area contributed by atoms with E-state index in [9.17, 15) is 0 Å². The minimum absolute atomic E-state index is 0. The predicted octanol–water partition coefficient (Wildman–Crippen LogP) is 3.95. The second kappa shape index (κ2) is 12.4. The molecule has 1 aliphatic heterocycles. The number of aryl methyl sites for hydroxylation is 2. The Kier molecular flexibility index (Phi) is 10.3. The normalized spacial score (nSPS) is 14.0. The summed E-state index contributed by atoms with van der Waals surface area (Å²) in [5.41, 5.74) is 2.55. The molecule has 2 heterocycles. The highest BCUT2D eigenvalue weighted by molar-refractivity contribution is 14.0. The minimum Gasteiger partial charge on any atom is -0.357 e. The molecular weight excluding hydrogens is 495 g/mol. The lowest BCUT2D eigenvalue weighted by atomic mass is 10.1. The Bertz CT molecular complexity index is 804. The van der Waals surface area contributed by atoms with Gasteiger partial charge in [-0.2, -0.15) is 0 Å². The van der Waals surface area contributed by atoms with Crippen molar-refractivity contribution in [3.05, 3.63) is 41.0 Å². The van der Waals surface area contributed by atoms with Gasteiger partial charge >= 0.3 is 0 Å². The van der Waals surface area contributed by atoms with Crippen molar-refractivity contribution in [1.29, 1.82) is 0 Å². The van der Waals surface area contributed by atoms with Crippen LogP contribution in [0.2, 0.25) is 0 Å². The Labute approximate surface area is 195 Å². The van der Waals surface area contributed by atoms with Crippen LogP contribution in [0.5, 0.6) is 0 Å². The van der Waals surface area contributed by atoms with Crippen LogP contribution in [-0.2, 0) is 25.9 Å². The van der Waals surface area contributed by atoms with Gasteiger partial charge in [0.25, 0.3) is 0 Å². The number of aliphatic imine (C=N–C) groups is 1. The first-order chi connectivity index (χ1) is 13.7. The van der Waals surface area contributed by atoms with Crippen LogP contribution in [0.25, 0.3) is 0 Å². The lowest BCUT2D eigenvalue weighted by Gasteiger charge is -2.13. The largest absolute Gasteiger partial charge is 0.357 e. The van der Waals surface area contributed by atoms with Gasteiger partial charge < -0.3 is 15.2 Å². The maximum Gasteiger partial charge on any atom is 0.191 e. The molecule has 0 amide bonds. The van der Waals surface area contributed by atoms with Crippen LogP contribution in [0.1, 0.15) is 49.0 Å². The number of halogens is 1. The Morgan fingerprint density at radius 3 is 2.86 bits per heavy atom. The molecule has 6 nitrogen and oxygen atoms in total. The van der Waals surface area contributed by atoms with Crippen molar-refractivity contribution in [2.45, 2.75) is 63.9 Å². The molecule has 1 aromatic carbocycles. The van der Waals surface area contributed by atoms with Gasteiger partial charge in [0.05, 0.1) is 6.54 Å². The zero-order valence-corrected chi connectivity index (χ0v) is 20.8. The van der Waals surface area contributed by atoms with Crippen molar-refractivity contribution >= 4 is 41.7 Å². The summed E-state index contributed by atoms with van der Waals surface area (Å²) in [7, 11) is 0. The molecule has 0 bridgehead atoms. The molecule has 1 aliphatic rings. The SMILES string of the molecule is CCNC(=NCc1ccc(C)cc1SC)NCCc1nnc2n1CCCCC2.I. The highest BCUT2D eigenvalue weighted by Crippen LogP contribution is 2.22. The van der Waals surface area contributed by atoms with E-state index in [1.807, 2.05) is 0 Å². The maximum atomic E-state index is 4.78. The Morgan fingerprint density at radius 1 is 1.21 bits per heavy atom. The number of guanidine groups is 1. The predicted molar refractivity (Wildman–Crippen MR) is 132 cm³/mol. The van der Waals surface area contributed by atoms with Crippen molar-refractivity contribution in [1.82, 2.24) is 25.4 Å². The second-order valence-corrected chi connectivity index (χ2v) is 8.03. The van der Waals surface area contributed by atoms with Crippen molar-refractivity contribution in [2.24, 2.45) is 4.99 Å². The summed E-state index contributed by atoms with van der Waals surface area (Å²) >= 11 is 1.78. The molecule has 2 aromatic rings. The van der Waals surface area contributed by atoms with Gasteiger partial charge in [-0.3, -0.25) is 0 Å². The molecule has 0 aliphatic carbocycles. The second-order valence-electron chi connectivity index (χ2n) is 7.18. The monoisotopic (exact) mass is 528 g/mol. The molecule has 0 fully saturated rings. The van der Waals surface area contributed by atoms with Crippen LogP contribution in [0.15, 0.2) is 28.1 Å². The molecule has 0 saturated carbocycles. The summed E-state index contributed by atoms with van der Waals surface area (Å²) in [5, 5.41) is 15.6. The number of aromatic nitrogens is 3. The average Bonchev–Trinajstić information content (AvgIpc) is 2.93. The van der Waals surface area contributed by atoms with E-state index in [0.29, 0.717) is 6.54 Å². The van der Waals surface area contributed by atoms with Crippen LogP contribution in [0, 0.1) is 6.92 Å². The van der Waals surface area contributed by atoms with Crippen molar-refractivity contribution < 1.29 is 0 Å². The third kappa shape index (κ3) is 6.87. The molecule has 0 spiro atoms. The van der Waals surface area contributed by atoms with Gasteiger partial charge in [-0.05, 0) is 50.1 Å². The molecule has 160 valence electrons. The van der Waals surface area contributed by atoms with Gasteiger partial charge in [0, 0.05) is 37.4 Å². The first-order valence-corrected chi connectivity index (χ1v) is 11.5. The number of rotatable bonds is 7. The lowest BCUT2D eigenvalue weighted by molar-refractivity contribution is 0.600. The molecule has 0 unspecified atom stereocenters. The molecule has 0 radical (unpaired) electrons. The van der Waals surface area contributed by atoms with E-state index in [0.717, 1.165) is 50.1 Å². The number of hydrogen-bond acceptors (Lipinski definition) is 4. The van der Waals surface area contributed by atoms with Crippen LogP contribution in [-0.4, -0.2) is 40.1 Å². The number of hydrogen-bond donors (Lipinski definition) is 2. The van der Waals surface area contributed by atoms with Gasteiger partial charge in [-0.15, -0.1) is 45.9 Å². The fourth-order valence-corrected chi connectivity index (χ4v) is 4.21. The zero-order chi connectivity index (χ0) is 19.8. The molecule has 3 rings (SSSR count). The summed E-state index contributed by atoms with van der Waals surface area (Å²) in [6.45, 7) is 7.59. The number of benzene rings is 1. The summed E-state index contributed by atoms with van der Waals surface area (Å²) in [6.07, 6.45) is 7.77. The van der Waals surface area contributed by atoms with Gasteiger partial charge in [-0.25, -0.2) is 4.99 Å². The van der Waals surface area contributed by atoms with Crippen molar-refractivity contribution in [3.8, 4) is 0 Å². The molecule has 0 saturated heterocycles. The van der Waals surface area contributed by atoms with E-state index in [1.165, 1.54) is 35.3 Å². The van der Waals surface area contributed by atoms with Gasteiger partial charge in [0.2, 0.25) is 0 Å². The summed E-state index contributed by atoms with van der Waals surface area (Å²) in [4.78, 5) is 6.08. The van der Waals surface area contributed by atoms with E-state index in [2.05, 4.69) is 63.7 Å².